The standard InChI is InChI=1S/C18H20FN3O4/c1-10-2-11(7-20)3-17(21-10)26-14-5-12(4-13(23)6-14)18(25)22-8-15(19)16(24)9-22/h2-6,15-16,23-24H,7-9,20H2,1H3. The molecule has 2 atom stereocenters. The highest BCUT2D eigenvalue weighted by molar-refractivity contribution is 5.95. The number of carbonyl (C=O) groups is 1. The van der Waals surface area contributed by atoms with Crippen molar-refractivity contribution in [2.45, 2.75) is 25.7 Å². The molecule has 1 aromatic carbocycles. The normalized spacial score (nSPS) is 19.6. The second-order valence-corrected chi connectivity index (χ2v) is 6.27. The van der Waals surface area contributed by atoms with E-state index in [0.29, 0.717) is 6.54 Å². The number of aliphatic hydroxyl groups excluding tert-OH is 1. The van der Waals surface area contributed by atoms with Crippen molar-refractivity contribution in [1.29, 1.82) is 0 Å². The summed E-state index contributed by atoms with van der Waals surface area (Å²) in [6.07, 6.45) is -2.67. The first-order valence-electron chi connectivity index (χ1n) is 8.16. The highest BCUT2D eigenvalue weighted by Gasteiger charge is 2.34. The van der Waals surface area contributed by atoms with Crippen LogP contribution < -0.4 is 10.5 Å². The number of rotatable bonds is 4. The maximum atomic E-state index is 13.5. The first-order valence-corrected chi connectivity index (χ1v) is 8.16. The molecule has 3 rings (SSSR count). The Morgan fingerprint density at radius 3 is 2.77 bits per heavy atom. The van der Waals surface area contributed by atoms with Gasteiger partial charge in [-0.1, -0.05) is 0 Å². The summed E-state index contributed by atoms with van der Waals surface area (Å²) in [7, 11) is 0. The van der Waals surface area contributed by atoms with Crippen LogP contribution in [0.2, 0.25) is 0 Å². The number of carbonyl (C=O) groups excluding carboxylic acids is 1. The summed E-state index contributed by atoms with van der Waals surface area (Å²) in [6, 6.07) is 7.55. The lowest BCUT2D eigenvalue weighted by Gasteiger charge is -2.16. The number of nitrogens with zero attached hydrogens (tertiary/aromatic N) is 2. The molecular formula is C18H20FN3O4. The number of aromatic hydroxyl groups is 1. The Hall–Kier alpha value is -2.71. The number of halogens is 1. The Morgan fingerprint density at radius 1 is 1.35 bits per heavy atom. The van der Waals surface area contributed by atoms with Gasteiger partial charge in [-0.15, -0.1) is 0 Å². The van der Waals surface area contributed by atoms with E-state index in [0.717, 1.165) is 11.3 Å². The molecule has 26 heavy (non-hydrogen) atoms. The van der Waals surface area contributed by atoms with E-state index >= 15 is 0 Å². The Morgan fingerprint density at radius 2 is 2.12 bits per heavy atom. The molecule has 1 amide bonds. The number of phenolic OH excluding ortho intramolecular Hbond substituents is 1. The average Bonchev–Trinajstić information content (AvgIpc) is 2.92. The molecule has 0 spiro atoms. The van der Waals surface area contributed by atoms with E-state index in [4.69, 9.17) is 10.5 Å². The van der Waals surface area contributed by atoms with Gasteiger partial charge < -0.3 is 25.6 Å². The van der Waals surface area contributed by atoms with Gasteiger partial charge in [-0.3, -0.25) is 4.79 Å². The van der Waals surface area contributed by atoms with Gasteiger partial charge in [0.1, 0.15) is 23.8 Å². The number of amides is 1. The number of aliphatic hydroxyl groups is 1. The third-order valence-corrected chi connectivity index (χ3v) is 4.09. The monoisotopic (exact) mass is 361 g/mol. The van der Waals surface area contributed by atoms with Gasteiger partial charge in [0.05, 0.1) is 6.54 Å². The molecule has 138 valence electrons. The van der Waals surface area contributed by atoms with E-state index in [1.165, 1.54) is 23.1 Å². The summed E-state index contributed by atoms with van der Waals surface area (Å²) in [6.45, 7) is 1.84. The minimum atomic E-state index is -1.47. The summed E-state index contributed by atoms with van der Waals surface area (Å²) in [5.41, 5.74) is 7.33. The summed E-state index contributed by atoms with van der Waals surface area (Å²) in [4.78, 5) is 17.9. The van der Waals surface area contributed by atoms with Crippen LogP contribution in [0.5, 0.6) is 17.4 Å². The molecule has 1 aromatic heterocycles. The number of phenols is 1. The van der Waals surface area contributed by atoms with Crippen LogP contribution in [0.1, 0.15) is 21.6 Å². The van der Waals surface area contributed by atoms with Crippen LogP contribution in [0.4, 0.5) is 4.39 Å². The number of hydrogen-bond donors (Lipinski definition) is 3. The molecule has 4 N–H and O–H groups in total. The second kappa shape index (κ2) is 7.27. The molecule has 1 aliphatic rings. The lowest BCUT2D eigenvalue weighted by atomic mass is 10.1. The topological polar surface area (TPSA) is 109 Å². The van der Waals surface area contributed by atoms with Crippen LogP contribution in [-0.2, 0) is 6.54 Å². The predicted octanol–water partition coefficient (Wildman–Crippen LogP) is 1.50. The second-order valence-electron chi connectivity index (χ2n) is 6.27. The number of β-amino-alcohol motifs (C(OH)–C–C–N with tert-alkyl or cyclic N) is 1. The Kier molecular flexibility index (Phi) is 5.06. The van der Waals surface area contributed by atoms with Gasteiger partial charge >= 0.3 is 0 Å². The van der Waals surface area contributed by atoms with Crippen molar-refractivity contribution in [3.8, 4) is 17.4 Å². The number of nitrogens with two attached hydrogens (primary N) is 1. The number of pyridine rings is 1. The summed E-state index contributed by atoms with van der Waals surface area (Å²) < 4.78 is 19.1. The third-order valence-electron chi connectivity index (χ3n) is 4.09. The minimum Gasteiger partial charge on any atom is -0.508 e. The quantitative estimate of drug-likeness (QED) is 0.761. The summed E-state index contributed by atoms with van der Waals surface area (Å²) >= 11 is 0. The zero-order chi connectivity index (χ0) is 18.8. The number of likely N-dealkylation sites (tertiary alicyclic amines) is 1. The molecular weight excluding hydrogens is 341 g/mol. The van der Waals surface area contributed by atoms with Crippen molar-refractivity contribution in [3.05, 3.63) is 47.2 Å². The molecule has 2 heterocycles. The highest BCUT2D eigenvalue weighted by Crippen LogP contribution is 2.28. The van der Waals surface area contributed by atoms with Crippen LogP contribution >= 0.6 is 0 Å². The predicted molar refractivity (Wildman–Crippen MR) is 91.9 cm³/mol. The van der Waals surface area contributed by atoms with Gasteiger partial charge in [-0.2, -0.15) is 0 Å². The van der Waals surface area contributed by atoms with E-state index in [-0.39, 0.29) is 36.0 Å². The van der Waals surface area contributed by atoms with Crippen molar-refractivity contribution in [2.75, 3.05) is 13.1 Å². The molecule has 1 fully saturated rings. The number of benzene rings is 1. The molecule has 1 aliphatic heterocycles. The molecule has 0 radical (unpaired) electrons. The molecule has 2 unspecified atom stereocenters. The fourth-order valence-electron chi connectivity index (χ4n) is 2.86. The maximum absolute atomic E-state index is 13.5. The van der Waals surface area contributed by atoms with Gasteiger partial charge in [0.15, 0.2) is 0 Å². The summed E-state index contributed by atoms with van der Waals surface area (Å²) in [5, 5.41) is 19.4. The lowest BCUT2D eigenvalue weighted by molar-refractivity contribution is 0.0763. The third kappa shape index (κ3) is 3.92. The highest BCUT2D eigenvalue weighted by atomic mass is 19.1. The first-order chi connectivity index (χ1) is 12.4. The molecule has 8 heteroatoms. The molecule has 0 aliphatic carbocycles. The smallest absolute Gasteiger partial charge is 0.254 e. The van der Waals surface area contributed by atoms with Crippen molar-refractivity contribution in [2.24, 2.45) is 5.73 Å². The van der Waals surface area contributed by atoms with E-state index < -0.39 is 18.2 Å². The minimum absolute atomic E-state index is 0.0921. The van der Waals surface area contributed by atoms with Gasteiger partial charge in [-0.05, 0) is 30.7 Å². The Labute approximate surface area is 149 Å². The van der Waals surface area contributed by atoms with E-state index in [1.807, 2.05) is 6.07 Å². The molecule has 0 bridgehead atoms. The van der Waals surface area contributed by atoms with E-state index in [9.17, 15) is 19.4 Å². The number of hydrogen-bond acceptors (Lipinski definition) is 6. The molecule has 0 saturated carbocycles. The van der Waals surface area contributed by atoms with Gasteiger partial charge in [-0.25, -0.2) is 9.37 Å². The van der Waals surface area contributed by atoms with Crippen molar-refractivity contribution in [3.63, 3.8) is 0 Å². The van der Waals surface area contributed by atoms with E-state index in [2.05, 4.69) is 4.98 Å². The van der Waals surface area contributed by atoms with Crippen LogP contribution in [0.3, 0.4) is 0 Å². The maximum Gasteiger partial charge on any atom is 0.254 e. The van der Waals surface area contributed by atoms with Crippen molar-refractivity contribution in [1.82, 2.24) is 9.88 Å². The average molecular weight is 361 g/mol. The number of aryl methyl sites for hydroxylation is 1. The largest absolute Gasteiger partial charge is 0.508 e. The fourth-order valence-corrected chi connectivity index (χ4v) is 2.86. The Bertz CT molecular complexity index is 820. The van der Waals surface area contributed by atoms with Crippen LogP contribution in [0.15, 0.2) is 30.3 Å². The van der Waals surface area contributed by atoms with Gasteiger partial charge in [0, 0.05) is 36.5 Å². The van der Waals surface area contributed by atoms with Crippen molar-refractivity contribution >= 4 is 5.91 Å². The number of alkyl halides is 1. The number of ether oxygens (including phenoxy) is 1. The molecule has 1 saturated heterocycles. The Balaban J connectivity index is 1.84. The van der Waals surface area contributed by atoms with Crippen LogP contribution in [-0.4, -0.2) is 51.4 Å². The van der Waals surface area contributed by atoms with Crippen molar-refractivity contribution < 1.29 is 24.1 Å². The zero-order valence-corrected chi connectivity index (χ0v) is 14.2. The number of aromatic nitrogens is 1. The van der Waals surface area contributed by atoms with Crippen LogP contribution in [0.25, 0.3) is 0 Å². The van der Waals surface area contributed by atoms with E-state index in [1.54, 1.807) is 13.0 Å². The SMILES string of the molecule is Cc1cc(CN)cc(Oc2cc(O)cc(C(=O)N3CC(O)C(F)C3)c2)n1. The molecule has 2 aromatic rings. The fraction of sp³-hybridized carbons (Fsp3) is 0.333. The summed E-state index contributed by atoms with van der Waals surface area (Å²) in [5.74, 6) is -0.167. The van der Waals surface area contributed by atoms with Gasteiger partial charge in [0.2, 0.25) is 5.88 Å². The zero-order valence-electron chi connectivity index (χ0n) is 14.2. The van der Waals surface area contributed by atoms with Crippen LogP contribution in [0, 0.1) is 6.92 Å². The van der Waals surface area contributed by atoms with Gasteiger partial charge in [0.25, 0.3) is 5.91 Å². The lowest BCUT2D eigenvalue weighted by Crippen LogP contribution is -2.29. The molecule has 7 nitrogen and oxygen atoms in total. The first kappa shape index (κ1) is 18.1.